The lowest BCUT2D eigenvalue weighted by molar-refractivity contribution is -0.0174. The highest BCUT2D eigenvalue weighted by Gasteiger charge is 2.30. The first-order valence-corrected chi connectivity index (χ1v) is 5.55. The van der Waals surface area contributed by atoms with Crippen molar-refractivity contribution < 1.29 is 14.2 Å². The summed E-state index contributed by atoms with van der Waals surface area (Å²) in [6, 6.07) is 0. The van der Waals surface area contributed by atoms with E-state index >= 15 is 0 Å². The predicted molar refractivity (Wildman–Crippen MR) is 60.5 cm³/mol. The Balaban J connectivity index is 2.06. The summed E-state index contributed by atoms with van der Waals surface area (Å²) in [5, 5.41) is 9.14. The highest BCUT2D eigenvalue weighted by Crippen LogP contribution is 2.32. The second-order valence-corrected chi connectivity index (χ2v) is 4.11. The molecule has 2 aromatic rings. The molecule has 6 nitrogen and oxygen atoms in total. The Morgan fingerprint density at radius 1 is 1.44 bits per heavy atom. The molecule has 0 amide bonds. The second-order valence-electron chi connectivity index (χ2n) is 3.75. The zero-order valence-corrected chi connectivity index (χ0v) is 9.75. The molecule has 1 N–H and O–H groups in total. The van der Waals surface area contributed by atoms with Crippen LogP contribution in [0, 0.1) is 0 Å². The van der Waals surface area contributed by atoms with Gasteiger partial charge in [0.15, 0.2) is 17.0 Å². The smallest absolute Gasteiger partial charge is 0.189 e. The molecule has 2 atom stereocenters. The average Bonchev–Trinajstić information content (AvgIpc) is 2.93. The summed E-state index contributed by atoms with van der Waals surface area (Å²) in [5.74, 6) is -0.497. The summed E-state index contributed by atoms with van der Waals surface area (Å²) in [6.45, 7) is -0.285. The Hall–Kier alpha value is -1.57. The molecular formula is C10H8ClFN4O2. The van der Waals surface area contributed by atoms with Gasteiger partial charge in [0.1, 0.15) is 23.8 Å². The van der Waals surface area contributed by atoms with Gasteiger partial charge in [-0.1, -0.05) is 11.6 Å². The van der Waals surface area contributed by atoms with Crippen molar-refractivity contribution in [2.24, 2.45) is 0 Å². The molecule has 1 aliphatic rings. The Morgan fingerprint density at radius 2 is 2.28 bits per heavy atom. The lowest BCUT2D eigenvalue weighted by Gasteiger charge is -2.14. The van der Waals surface area contributed by atoms with Crippen LogP contribution in [0.5, 0.6) is 0 Å². The zero-order valence-electron chi connectivity index (χ0n) is 8.99. The lowest BCUT2D eigenvalue weighted by Crippen LogP contribution is -2.16. The number of aliphatic hydroxyl groups is 1. The first-order valence-electron chi connectivity index (χ1n) is 5.17. The number of fused-ring (bicyclic) bond motifs is 1. The van der Waals surface area contributed by atoms with Gasteiger partial charge in [-0.2, -0.15) is 0 Å². The SMILES string of the molecule is OC[C@@H]1C=C(F)[C@@H](n2cnc3c(Cl)ncnc32)O1. The van der Waals surface area contributed by atoms with Gasteiger partial charge in [0, 0.05) is 0 Å². The molecule has 0 fully saturated rings. The molecule has 0 radical (unpaired) electrons. The molecule has 0 aromatic carbocycles. The van der Waals surface area contributed by atoms with Crippen molar-refractivity contribution in [1.29, 1.82) is 0 Å². The third-order valence-electron chi connectivity index (χ3n) is 2.63. The lowest BCUT2D eigenvalue weighted by atomic mass is 10.3. The van der Waals surface area contributed by atoms with E-state index < -0.39 is 18.2 Å². The minimum atomic E-state index is -0.974. The van der Waals surface area contributed by atoms with Crippen LogP contribution < -0.4 is 0 Å². The average molecular weight is 271 g/mol. The quantitative estimate of drug-likeness (QED) is 0.831. The van der Waals surface area contributed by atoms with Crippen molar-refractivity contribution in [3.8, 4) is 0 Å². The van der Waals surface area contributed by atoms with Gasteiger partial charge < -0.3 is 9.84 Å². The Bertz CT molecular complexity index is 629. The van der Waals surface area contributed by atoms with Crippen molar-refractivity contribution in [1.82, 2.24) is 19.5 Å². The summed E-state index contributed by atoms with van der Waals surface area (Å²) in [7, 11) is 0. The third-order valence-corrected chi connectivity index (χ3v) is 2.91. The molecule has 3 heterocycles. The molecule has 1 aliphatic heterocycles. The van der Waals surface area contributed by atoms with Crippen molar-refractivity contribution in [3.05, 3.63) is 29.7 Å². The van der Waals surface area contributed by atoms with Crippen molar-refractivity contribution >= 4 is 22.8 Å². The number of imidazole rings is 1. The highest BCUT2D eigenvalue weighted by molar-refractivity contribution is 6.33. The van der Waals surface area contributed by atoms with Crippen LogP contribution in [0.15, 0.2) is 24.6 Å². The Kier molecular flexibility index (Phi) is 2.73. The van der Waals surface area contributed by atoms with Gasteiger partial charge in [-0.05, 0) is 6.08 Å². The van der Waals surface area contributed by atoms with Gasteiger partial charge in [-0.3, -0.25) is 4.57 Å². The first-order chi connectivity index (χ1) is 8.70. The van der Waals surface area contributed by atoms with Crippen molar-refractivity contribution in [2.75, 3.05) is 6.61 Å². The van der Waals surface area contributed by atoms with Crippen LogP contribution in [0.1, 0.15) is 6.23 Å². The number of rotatable bonds is 2. The van der Waals surface area contributed by atoms with Crippen LogP contribution in [0.3, 0.4) is 0 Å². The van der Waals surface area contributed by atoms with Gasteiger partial charge in [0.25, 0.3) is 0 Å². The minimum absolute atomic E-state index is 0.194. The standard InChI is InChI=1S/C10H8ClFN4O2/c11-8-7-9(14-3-13-8)16(4-15-7)10-6(12)1-5(2-17)18-10/h1,3-5,10,17H,2H2/t5-,10-/m0/s1. The van der Waals surface area contributed by atoms with Gasteiger partial charge >= 0.3 is 0 Å². The van der Waals surface area contributed by atoms with E-state index in [-0.39, 0.29) is 11.8 Å². The molecule has 0 unspecified atom stereocenters. The van der Waals surface area contributed by atoms with E-state index in [0.29, 0.717) is 11.2 Å². The van der Waals surface area contributed by atoms with E-state index in [1.54, 1.807) is 0 Å². The van der Waals surface area contributed by atoms with Crippen LogP contribution in [0.25, 0.3) is 11.2 Å². The topological polar surface area (TPSA) is 73.1 Å². The minimum Gasteiger partial charge on any atom is -0.393 e. The van der Waals surface area contributed by atoms with Crippen LogP contribution in [-0.2, 0) is 4.74 Å². The van der Waals surface area contributed by atoms with Crippen LogP contribution in [0.2, 0.25) is 5.15 Å². The highest BCUT2D eigenvalue weighted by atomic mass is 35.5. The molecule has 18 heavy (non-hydrogen) atoms. The summed E-state index contributed by atoms with van der Waals surface area (Å²) >= 11 is 5.85. The fraction of sp³-hybridized carbons (Fsp3) is 0.300. The maximum absolute atomic E-state index is 13.7. The van der Waals surface area contributed by atoms with Gasteiger partial charge in [-0.25, -0.2) is 19.3 Å². The Labute approximate surface area is 106 Å². The molecule has 0 bridgehead atoms. The first kappa shape index (κ1) is 11.5. The summed E-state index contributed by atoms with van der Waals surface area (Å²) in [5.41, 5.74) is 0.755. The number of aliphatic hydroxyl groups excluding tert-OH is 1. The van der Waals surface area contributed by atoms with E-state index in [2.05, 4.69) is 15.0 Å². The molecule has 2 aromatic heterocycles. The molecule has 94 valence electrons. The fourth-order valence-corrected chi connectivity index (χ4v) is 2.00. The van der Waals surface area contributed by atoms with Crippen LogP contribution in [-0.4, -0.2) is 37.3 Å². The van der Waals surface area contributed by atoms with Gasteiger partial charge in [0.05, 0.1) is 12.9 Å². The van der Waals surface area contributed by atoms with E-state index in [0.717, 1.165) is 0 Å². The normalized spacial score (nSPS) is 23.6. The number of aromatic nitrogens is 4. The largest absolute Gasteiger partial charge is 0.393 e. The van der Waals surface area contributed by atoms with E-state index in [4.69, 9.17) is 21.4 Å². The summed E-state index contributed by atoms with van der Waals surface area (Å²) in [6.07, 6.45) is 2.23. The number of nitrogens with zero attached hydrogens (tertiary/aromatic N) is 4. The van der Waals surface area contributed by atoms with E-state index in [1.165, 1.54) is 23.3 Å². The molecule has 0 saturated heterocycles. The second kappa shape index (κ2) is 4.27. The number of ether oxygens (including phenoxy) is 1. The third kappa shape index (κ3) is 1.67. The molecular weight excluding hydrogens is 263 g/mol. The van der Waals surface area contributed by atoms with Crippen LogP contribution in [0.4, 0.5) is 4.39 Å². The maximum Gasteiger partial charge on any atom is 0.189 e. The van der Waals surface area contributed by atoms with E-state index in [9.17, 15) is 4.39 Å². The molecule has 0 spiro atoms. The van der Waals surface area contributed by atoms with Gasteiger partial charge in [-0.15, -0.1) is 0 Å². The van der Waals surface area contributed by atoms with Gasteiger partial charge in [0.2, 0.25) is 0 Å². The summed E-state index contributed by atoms with van der Waals surface area (Å²) < 4.78 is 20.4. The molecule has 0 aliphatic carbocycles. The van der Waals surface area contributed by atoms with Crippen LogP contribution >= 0.6 is 11.6 Å². The van der Waals surface area contributed by atoms with E-state index in [1.807, 2.05) is 0 Å². The molecule has 8 heteroatoms. The predicted octanol–water partition coefficient (Wildman–Crippen LogP) is 1.22. The molecule has 0 saturated carbocycles. The van der Waals surface area contributed by atoms with Crippen molar-refractivity contribution in [2.45, 2.75) is 12.3 Å². The number of hydrogen-bond acceptors (Lipinski definition) is 5. The maximum atomic E-state index is 13.7. The number of hydrogen-bond donors (Lipinski definition) is 1. The fourth-order valence-electron chi connectivity index (χ4n) is 1.82. The Morgan fingerprint density at radius 3 is 3.00 bits per heavy atom. The zero-order chi connectivity index (χ0) is 12.7. The van der Waals surface area contributed by atoms with Crippen molar-refractivity contribution in [3.63, 3.8) is 0 Å². The number of halogens is 2. The summed E-state index contributed by atoms with van der Waals surface area (Å²) in [4.78, 5) is 11.8. The molecule has 3 rings (SSSR count). The monoisotopic (exact) mass is 270 g/mol.